The molecule has 0 unspecified atom stereocenters. The summed E-state index contributed by atoms with van der Waals surface area (Å²) in [5.74, 6) is 0.578. The second kappa shape index (κ2) is 6.46. The van der Waals surface area contributed by atoms with Crippen molar-refractivity contribution in [2.75, 3.05) is 27.2 Å². The van der Waals surface area contributed by atoms with Crippen LogP contribution >= 0.6 is 11.6 Å². The molecule has 0 spiro atoms. The molecule has 1 saturated carbocycles. The molecular weight excluding hydrogens is 264 g/mol. The number of methoxy groups -OCH3 is 1. The number of rotatable bonds is 7. The molecule has 2 rings (SSSR count). The van der Waals surface area contributed by atoms with E-state index < -0.39 is 0 Å². The molecule has 19 heavy (non-hydrogen) atoms. The Balaban J connectivity index is 1.83. The molecule has 106 valence electrons. The van der Waals surface area contributed by atoms with Crippen LogP contribution in [0.2, 0.25) is 5.02 Å². The van der Waals surface area contributed by atoms with Gasteiger partial charge in [0, 0.05) is 42.3 Å². The molecule has 1 aromatic rings. The van der Waals surface area contributed by atoms with Gasteiger partial charge in [-0.1, -0.05) is 11.6 Å². The summed E-state index contributed by atoms with van der Waals surface area (Å²) in [6, 6.07) is 4.15. The van der Waals surface area contributed by atoms with Crippen molar-refractivity contribution in [3.05, 3.63) is 22.7 Å². The third-order valence-corrected chi connectivity index (χ3v) is 3.68. The number of halogens is 1. The highest BCUT2D eigenvalue weighted by molar-refractivity contribution is 6.30. The van der Waals surface area contributed by atoms with Crippen LogP contribution < -0.4 is 10.1 Å². The number of benzene rings is 1. The first-order chi connectivity index (χ1) is 9.11. The second-order valence-corrected chi connectivity index (χ2v) is 5.44. The zero-order chi connectivity index (χ0) is 13.8. The molecule has 1 aliphatic rings. The van der Waals surface area contributed by atoms with Crippen LogP contribution in [0, 0.1) is 0 Å². The van der Waals surface area contributed by atoms with Crippen molar-refractivity contribution in [3.8, 4) is 11.5 Å². The number of phenols is 1. The highest BCUT2D eigenvalue weighted by Crippen LogP contribution is 2.33. The average molecular weight is 285 g/mol. The molecule has 0 amide bonds. The minimum Gasteiger partial charge on any atom is -0.504 e. The first-order valence-corrected chi connectivity index (χ1v) is 6.96. The van der Waals surface area contributed by atoms with E-state index in [4.69, 9.17) is 16.3 Å². The molecule has 5 heteroatoms. The van der Waals surface area contributed by atoms with Gasteiger partial charge in [-0.2, -0.15) is 0 Å². The molecule has 0 bridgehead atoms. The van der Waals surface area contributed by atoms with Crippen molar-refractivity contribution in [2.45, 2.75) is 25.4 Å². The van der Waals surface area contributed by atoms with E-state index >= 15 is 0 Å². The number of aromatic hydroxyl groups is 1. The largest absolute Gasteiger partial charge is 0.504 e. The number of ether oxygens (including phenoxy) is 1. The SMILES string of the molecule is COc1cc(Cl)cc(CNCCN(C)C2CC2)c1O. The highest BCUT2D eigenvalue weighted by atomic mass is 35.5. The van der Waals surface area contributed by atoms with Crippen molar-refractivity contribution >= 4 is 11.6 Å². The van der Waals surface area contributed by atoms with E-state index in [0.717, 1.165) is 24.7 Å². The van der Waals surface area contributed by atoms with Crippen molar-refractivity contribution in [1.29, 1.82) is 0 Å². The fourth-order valence-corrected chi connectivity index (χ4v) is 2.33. The molecule has 4 nitrogen and oxygen atoms in total. The van der Waals surface area contributed by atoms with Gasteiger partial charge in [0.05, 0.1) is 7.11 Å². The standard InChI is InChI=1S/C14H21ClN2O2/c1-17(12-3-4-12)6-5-16-9-10-7-11(15)8-13(19-2)14(10)18/h7-8,12,16,18H,3-6,9H2,1-2H3. The number of hydrogen-bond acceptors (Lipinski definition) is 4. The topological polar surface area (TPSA) is 44.7 Å². The summed E-state index contributed by atoms with van der Waals surface area (Å²) in [7, 11) is 3.67. The Kier molecular flexibility index (Phi) is 4.91. The molecule has 1 aromatic carbocycles. The van der Waals surface area contributed by atoms with Gasteiger partial charge in [-0.05, 0) is 26.0 Å². The zero-order valence-electron chi connectivity index (χ0n) is 11.4. The smallest absolute Gasteiger partial charge is 0.162 e. The summed E-state index contributed by atoms with van der Waals surface area (Å²) in [6.07, 6.45) is 2.64. The van der Waals surface area contributed by atoms with Gasteiger partial charge in [0.15, 0.2) is 11.5 Å². The monoisotopic (exact) mass is 284 g/mol. The minimum atomic E-state index is 0.162. The number of phenolic OH excluding ortho intramolecular Hbond substituents is 1. The maximum atomic E-state index is 9.99. The Morgan fingerprint density at radius 3 is 2.84 bits per heavy atom. The quantitative estimate of drug-likeness (QED) is 0.754. The van der Waals surface area contributed by atoms with Crippen LogP contribution in [0.4, 0.5) is 0 Å². The van der Waals surface area contributed by atoms with Crippen molar-refractivity contribution < 1.29 is 9.84 Å². The zero-order valence-corrected chi connectivity index (χ0v) is 12.2. The lowest BCUT2D eigenvalue weighted by molar-refractivity contribution is 0.321. The van der Waals surface area contributed by atoms with Gasteiger partial charge >= 0.3 is 0 Å². The van der Waals surface area contributed by atoms with E-state index in [1.165, 1.54) is 20.0 Å². The predicted octanol–water partition coefficient (Wildman–Crippen LogP) is 2.24. The summed E-state index contributed by atoms with van der Waals surface area (Å²) < 4.78 is 5.08. The molecule has 0 aliphatic heterocycles. The van der Waals surface area contributed by atoms with Crippen molar-refractivity contribution in [3.63, 3.8) is 0 Å². The first-order valence-electron chi connectivity index (χ1n) is 6.58. The third-order valence-electron chi connectivity index (χ3n) is 3.47. The lowest BCUT2D eigenvalue weighted by Crippen LogP contribution is -2.30. The molecule has 1 fully saturated rings. The van der Waals surface area contributed by atoms with Crippen LogP contribution in [-0.2, 0) is 6.54 Å². The van der Waals surface area contributed by atoms with E-state index in [1.54, 1.807) is 12.1 Å². The Hall–Kier alpha value is -0.970. The summed E-state index contributed by atoms with van der Waals surface area (Å²) in [4.78, 5) is 2.37. The van der Waals surface area contributed by atoms with Crippen LogP contribution in [0.25, 0.3) is 0 Å². The van der Waals surface area contributed by atoms with Crippen LogP contribution in [-0.4, -0.2) is 43.3 Å². The lowest BCUT2D eigenvalue weighted by atomic mass is 10.2. The molecule has 0 heterocycles. The first kappa shape index (κ1) is 14.4. The van der Waals surface area contributed by atoms with Crippen LogP contribution in [0.1, 0.15) is 18.4 Å². The molecular formula is C14H21ClN2O2. The summed E-state index contributed by atoms with van der Waals surface area (Å²) in [5, 5.41) is 13.9. The van der Waals surface area contributed by atoms with E-state index in [1.807, 2.05) is 0 Å². The summed E-state index contributed by atoms with van der Waals surface area (Å²) >= 11 is 5.99. The highest BCUT2D eigenvalue weighted by Gasteiger charge is 2.25. The van der Waals surface area contributed by atoms with E-state index in [-0.39, 0.29) is 5.75 Å². The van der Waals surface area contributed by atoms with Gasteiger partial charge in [-0.3, -0.25) is 0 Å². The fraction of sp³-hybridized carbons (Fsp3) is 0.571. The van der Waals surface area contributed by atoms with Crippen molar-refractivity contribution in [2.24, 2.45) is 0 Å². The van der Waals surface area contributed by atoms with Gasteiger partial charge in [0.25, 0.3) is 0 Å². The molecule has 0 radical (unpaired) electrons. The Morgan fingerprint density at radius 1 is 1.47 bits per heavy atom. The molecule has 0 saturated heterocycles. The van der Waals surface area contributed by atoms with E-state index in [2.05, 4.69) is 17.3 Å². The van der Waals surface area contributed by atoms with Crippen LogP contribution in [0.3, 0.4) is 0 Å². The Morgan fingerprint density at radius 2 is 2.21 bits per heavy atom. The van der Waals surface area contributed by atoms with Crippen molar-refractivity contribution in [1.82, 2.24) is 10.2 Å². The minimum absolute atomic E-state index is 0.162. The molecule has 0 atom stereocenters. The summed E-state index contributed by atoms with van der Waals surface area (Å²) in [6.45, 7) is 2.49. The third kappa shape index (κ3) is 4.00. The van der Waals surface area contributed by atoms with Crippen LogP contribution in [0.5, 0.6) is 11.5 Å². The Bertz CT molecular complexity index is 436. The maximum Gasteiger partial charge on any atom is 0.162 e. The molecule has 2 N–H and O–H groups in total. The van der Waals surface area contributed by atoms with Gasteiger partial charge in [0.1, 0.15) is 0 Å². The van der Waals surface area contributed by atoms with Gasteiger partial charge in [0.2, 0.25) is 0 Å². The molecule has 0 aromatic heterocycles. The summed E-state index contributed by atoms with van der Waals surface area (Å²) in [5.41, 5.74) is 0.762. The van der Waals surface area contributed by atoms with Gasteiger partial charge in [-0.15, -0.1) is 0 Å². The number of nitrogens with zero attached hydrogens (tertiary/aromatic N) is 1. The van der Waals surface area contributed by atoms with Gasteiger partial charge < -0.3 is 20.1 Å². The predicted molar refractivity (Wildman–Crippen MR) is 77.0 cm³/mol. The number of nitrogens with one attached hydrogen (secondary N) is 1. The van der Waals surface area contributed by atoms with E-state index in [0.29, 0.717) is 17.3 Å². The lowest BCUT2D eigenvalue weighted by Gasteiger charge is -2.16. The van der Waals surface area contributed by atoms with E-state index in [9.17, 15) is 5.11 Å². The maximum absolute atomic E-state index is 9.99. The number of likely N-dealkylation sites (N-methyl/N-ethyl adjacent to an activating group) is 1. The second-order valence-electron chi connectivity index (χ2n) is 5.00. The Labute approximate surface area is 119 Å². The fourth-order valence-electron chi connectivity index (χ4n) is 2.10. The number of hydrogen-bond donors (Lipinski definition) is 2. The molecule has 1 aliphatic carbocycles. The van der Waals surface area contributed by atoms with Crippen LogP contribution in [0.15, 0.2) is 12.1 Å². The van der Waals surface area contributed by atoms with Gasteiger partial charge in [-0.25, -0.2) is 0 Å². The average Bonchev–Trinajstić information content (AvgIpc) is 3.22. The normalized spacial score (nSPS) is 14.9.